The molecule has 12 nitrogen and oxygen atoms in total. The first-order chi connectivity index (χ1) is 28.1. The fourth-order valence-corrected chi connectivity index (χ4v) is 7.94. The monoisotopic (exact) mass is 864 g/mol. The minimum Gasteiger partial charge on any atom is -0.491 e. The van der Waals surface area contributed by atoms with Crippen LogP contribution in [0.1, 0.15) is 16.8 Å². The van der Waals surface area contributed by atoms with E-state index >= 15 is 8.78 Å². The lowest BCUT2D eigenvalue weighted by Gasteiger charge is -2.32. The molecule has 1 atom stereocenters. The third kappa shape index (κ3) is 9.12. The Balaban J connectivity index is 1.23. The highest BCUT2D eigenvalue weighted by atomic mass is 35.5. The van der Waals surface area contributed by atoms with Crippen molar-refractivity contribution in [1.82, 2.24) is 29.5 Å². The van der Waals surface area contributed by atoms with Gasteiger partial charge >= 0.3 is 18.1 Å². The van der Waals surface area contributed by atoms with Gasteiger partial charge in [-0.1, -0.05) is 29.8 Å². The SMILES string of the molecule is Cc1c(-c2c(-c3ccc(F)o3)sc3ncnc(O[C@@H](C(=O)O)C(F)(F)c4ccccc4OCc4ccnn4CC(F)(F)F)c23)ccc(OCCN2CCN(C)CC2)c1Cl. The van der Waals surface area contributed by atoms with Crippen LogP contribution in [0, 0.1) is 12.9 Å². The summed E-state index contributed by atoms with van der Waals surface area (Å²) in [5.41, 5.74) is 0.135. The summed E-state index contributed by atoms with van der Waals surface area (Å²) in [4.78, 5) is 26.1. The van der Waals surface area contributed by atoms with Crippen molar-refractivity contribution in [3.05, 3.63) is 95.0 Å². The van der Waals surface area contributed by atoms with Gasteiger partial charge in [0.25, 0.3) is 12.1 Å². The predicted molar refractivity (Wildman–Crippen MR) is 205 cm³/mol. The van der Waals surface area contributed by atoms with Crippen LogP contribution in [0.4, 0.5) is 26.3 Å². The lowest BCUT2D eigenvalue weighted by atomic mass is 9.97. The molecule has 1 aliphatic heterocycles. The van der Waals surface area contributed by atoms with Gasteiger partial charge in [0.05, 0.1) is 26.5 Å². The molecule has 0 amide bonds. The van der Waals surface area contributed by atoms with Crippen molar-refractivity contribution in [2.45, 2.75) is 38.3 Å². The van der Waals surface area contributed by atoms with Crippen molar-refractivity contribution in [3.8, 4) is 39.1 Å². The van der Waals surface area contributed by atoms with E-state index in [4.69, 9.17) is 30.2 Å². The number of rotatable bonds is 15. The molecule has 0 aliphatic carbocycles. The van der Waals surface area contributed by atoms with E-state index in [9.17, 15) is 27.5 Å². The second-order valence-electron chi connectivity index (χ2n) is 13.7. The molecule has 1 fully saturated rings. The quantitative estimate of drug-likeness (QED) is 0.100. The first kappa shape index (κ1) is 41.8. The lowest BCUT2D eigenvalue weighted by molar-refractivity contribution is -0.169. The fourth-order valence-electron chi connectivity index (χ4n) is 6.61. The summed E-state index contributed by atoms with van der Waals surface area (Å²) in [6.07, 6.45) is -5.45. The highest BCUT2D eigenvalue weighted by Crippen LogP contribution is 2.50. The molecule has 0 radical (unpaired) electrons. The van der Waals surface area contributed by atoms with Gasteiger partial charge in [0.15, 0.2) is 0 Å². The normalized spacial score (nSPS) is 14.8. The van der Waals surface area contributed by atoms with E-state index in [-0.39, 0.29) is 32.3 Å². The molecular weight excluding hydrogens is 830 g/mol. The topological polar surface area (TPSA) is 128 Å². The average molecular weight is 865 g/mol. The van der Waals surface area contributed by atoms with Gasteiger partial charge in [0.2, 0.25) is 5.88 Å². The number of hydrogen-bond donors (Lipinski definition) is 1. The standard InChI is InChI=1S/C39H35ClF6N6O6S/c1-22-24(7-8-27(32(22)40)55-18-17-51-15-13-50(2)14-16-51)30-31-35(47-21-48-36(31)59-33(30)28-9-10-29(41)57-28)58-34(37(53)54)39(45,46)25-5-3-4-6-26(25)56-19-23-11-12-49-52(23)20-38(42,43)44/h3-12,21,34H,13-20H2,1-2H3,(H,53,54)/t34-/m0/s1. The second-order valence-corrected chi connectivity index (χ2v) is 15.0. The minimum absolute atomic E-state index is 0.0109. The van der Waals surface area contributed by atoms with Crippen LogP contribution in [-0.4, -0.2) is 99.3 Å². The van der Waals surface area contributed by atoms with Crippen LogP contribution in [0.5, 0.6) is 17.4 Å². The highest BCUT2D eigenvalue weighted by Gasteiger charge is 2.51. The van der Waals surface area contributed by atoms with Crippen LogP contribution >= 0.6 is 22.9 Å². The predicted octanol–water partition coefficient (Wildman–Crippen LogP) is 8.31. The van der Waals surface area contributed by atoms with Crippen LogP contribution in [0.25, 0.3) is 32.0 Å². The van der Waals surface area contributed by atoms with Crippen molar-refractivity contribution in [1.29, 1.82) is 0 Å². The Morgan fingerprint density at radius 2 is 1.76 bits per heavy atom. The summed E-state index contributed by atoms with van der Waals surface area (Å²) in [5, 5.41) is 14.1. The summed E-state index contributed by atoms with van der Waals surface area (Å²) in [6, 6.07) is 10.7. The molecule has 7 rings (SSSR count). The van der Waals surface area contributed by atoms with Crippen molar-refractivity contribution in [2.24, 2.45) is 0 Å². The van der Waals surface area contributed by atoms with Gasteiger partial charge in [-0.05, 0) is 55.4 Å². The molecule has 1 N–H and O–H groups in total. The van der Waals surface area contributed by atoms with E-state index in [1.165, 1.54) is 24.3 Å². The molecule has 312 valence electrons. The zero-order valence-corrected chi connectivity index (χ0v) is 32.9. The Labute approximate surface area is 341 Å². The molecule has 6 aromatic rings. The minimum atomic E-state index is -4.62. The van der Waals surface area contributed by atoms with Crippen molar-refractivity contribution in [2.75, 3.05) is 46.4 Å². The molecule has 0 spiro atoms. The summed E-state index contributed by atoms with van der Waals surface area (Å²) < 4.78 is 110. The van der Waals surface area contributed by atoms with E-state index in [1.807, 2.05) is 0 Å². The Morgan fingerprint density at radius 1 is 1.00 bits per heavy atom. The van der Waals surface area contributed by atoms with E-state index < -0.39 is 60.5 Å². The number of likely N-dealkylation sites (N-methyl/N-ethyl adjacent to an activating group) is 1. The van der Waals surface area contributed by atoms with E-state index in [1.54, 1.807) is 19.1 Å². The third-order valence-corrected chi connectivity index (χ3v) is 11.3. The summed E-state index contributed by atoms with van der Waals surface area (Å²) in [5.74, 6) is -7.05. The lowest BCUT2D eigenvalue weighted by Crippen LogP contribution is -2.45. The van der Waals surface area contributed by atoms with Crippen LogP contribution in [-0.2, 0) is 23.9 Å². The molecule has 4 aromatic heterocycles. The number of hydrogen-bond acceptors (Lipinski definition) is 11. The van der Waals surface area contributed by atoms with E-state index in [0.29, 0.717) is 39.6 Å². The average Bonchev–Trinajstić information content (AvgIpc) is 3.93. The number of halogens is 7. The number of furan rings is 1. The van der Waals surface area contributed by atoms with Gasteiger partial charge < -0.3 is 28.6 Å². The maximum atomic E-state index is 16.6. The third-order valence-electron chi connectivity index (χ3n) is 9.67. The Hall–Kier alpha value is -5.37. The second kappa shape index (κ2) is 17.1. The number of nitrogens with zero attached hydrogens (tertiary/aromatic N) is 6. The first-order valence-corrected chi connectivity index (χ1v) is 19.2. The number of carboxylic acid groups (broad SMARTS) is 1. The zero-order valence-electron chi connectivity index (χ0n) is 31.3. The number of alkyl halides is 5. The van der Waals surface area contributed by atoms with E-state index in [2.05, 4.69) is 31.9 Å². The van der Waals surface area contributed by atoms with Crippen LogP contribution in [0.3, 0.4) is 0 Å². The largest absolute Gasteiger partial charge is 0.491 e. The first-order valence-electron chi connectivity index (χ1n) is 18.0. The molecule has 0 unspecified atom stereocenters. The van der Waals surface area contributed by atoms with Crippen molar-refractivity contribution >= 4 is 39.1 Å². The Morgan fingerprint density at radius 3 is 2.47 bits per heavy atom. The van der Waals surface area contributed by atoms with Gasteiger partial charge in [-0.2, -0.15) is 31.4 Å². The number of para-hydroxylation sites is 1. The number of benzene rings is 2. The van der Waals surface area contributed by atoms with Crippen LogP contribution in [0.2, 0.25) is 5.02 Å². The highest BCUT2D eigenvalue weighted by molar-refractivity contribution is 7.22. The smallest absolute Gasteiger partial charge is 0.408 e. The molecule has 1 aliphatic rings. The van der Waals surface area contributed by atoms with Gasteiger partial charge in [-0.25, -0.2) is 14.8 Å². The van der Waals surface area contributed by atoms with Gasteiger partial charge in [0.1, 0.15) is 48.2 Å². The Kier molecular flexibility index (Phi) is 12.1. The molecule has 0 bridgehead atoms. The molecular formula is C39H35ClF6N6O6S. The van der Waals surface area contributed by atoms with Crippen LogP contribution in [0.15, 0.2) is 71.5 Å². The summed E-state index contributed by atoms with van der Waals surface area (Å²) in [6.45, 7) is 4.36. The van der Waals surface area contributed by atoms with E-state index in [0.717, 1.165) is 68.2 Å². The number of aromatic nitrogens is 4. The van der Waals surface area contributed by atoms with Gasteiger partial charge in [-0.3, -0.25) is 9.58 Å². The summed E-state index contributed by atoms with van der Waals surface area (Å²) in [7, 11) is 2.07. The molecule has 2 aromatic carbocycles. The number of aliphatic carboxylic acids is 1. The van der Waals surface area contributed by atoms with Crippen molar-refractivity contribution < 1.29 is 54.9 Å². The van der Waals surface area contributed by atoms with Gasteiger partial charge in [-0.15, -0.1) is 11.3 Å². The zero-order chi connectivity index (χ0) is 42.1. The van der Waals surface area contributed by atoms with Crippen molar-refractivity contribution in [3.63, 3.8) is 0 Å². The van der Waals surface area contributed by atoms with Gasteiger partial charge in [0, 0.05) is 50.6 Å². The maximum Gasteiger partial charge on any atom is 0.408 e. The number of piperazine rings is 1. The fraction of sp³-hybridized carbons (Fsp3) is 0.333. The molecule has 0 saturated carbocycles. The molecule has 20 heteroatoms. The number of fused-ring (bicyclic) bond motifs is 1. The molecule has 59 heavy (non-hydrogen) atoms. The number of carbonyl (C=O) groups is 1. The molecule has 1 saturated heterocycles. The molecule has 5 heterocycles. The maximum absolute atomic E-state index is 16.6. The summed E-state index contributed by atoms with van der Waals surface area (Å²) >= 11 is 7.87. The number of thiophene rings is 1. The van der Waals surface area contributed by atoms with Crippen LogP contribution < -0.4 is 14.2 Å². The number of carboxylic acids is 1. The number of ether oxygens (including phenoxy) is 3. The Bertz CT molecular complexity index is 2450.